The van der Waals surface area contributed by atoms with E-state index < -0.39 is 4.32 Å². The molecule has 5 heteroatoms. The van der Waals surface area contributed by atoms with Crippen molar-refractivity contribution in [3.8, 4) is 0 Å². The van der Waals surface area contributed by atoms with Crippen molar-refractivity contribution in [3.63, 3.8) is 0 Å². The van der Waals surface area contributed by atoms with Crippen LogP contribution < -0.4 is 5.32 Å². The van der Waals surface area contributed by atoms with Crippen LogP contribution in [0.1, 0.15) is 19.5 Å². The SMILES string of the molecule is CC(C)(Br)C(=O)NCCc1cscn1. The number of carbonyl (C=O) groups excluding carboxylic acids is 1. The van der Waals surface area contributed by atoms with E-state index in [0.717, 1.165) is 12.1 Å². The molecule has 1 N–H and O–H groups in total. The summed E-state index contributed by atoms with van der Waals surface area (Å²) in [5, 5.41) is 4.83. The maximum Gasteiger partial charge on any atom is 0.236 e. The normalized spacial score (nSPS) is 11.4. The molecule has 1 rings (SSSR count). The first-order valence-electron chi connectivity index (χ1n) is 4.34. The molecule has 0 radical (unpaired) electrons. The lowest BCUT2D eigenvalue weighted by atomic mass is 10.2. The Morgan fingerprint density at radius 2 is 2.43 bits per heavy atom. The number of amides is 1. The zero-order chi connectivity index (χ0) is 10.6. The topological polar surface area (TPSA) is 42.0 Å². The summed E-state index contributed by atoms with van der Waals surface area (Å²) in [7, 11) is 0. The van der Waals surface area contributed by atoms with E-state index in [4.69, 9.17) is 0 Å². The minimum absolute atomic E-state index is 0.00716. The van der Waals surface area contributed by atoms with E-state index in [1.54, 1.807) is 16.8 Å². The van der Waals surface area contributed by atoms with Crippen LogP contribution in [-0.2, 0) is 11.2 Å². The molecule has 0 atom stereocenters. The largest absolute Gasteiger partial charge is 0.355 e. The van der Waals surface area contributed by atoms with Gasteiger partial charge in [0.25, 0.3) is 0 Å². The number of carbonyl (C=O) groups is 1. The van der Waals surface area contributed by atoms with Crippen LogP contribution in [0.3, 0.4) is 0 Å². The lowest BCUT2D eigenvalue weighted by molar-refractivity contribution is -0.122. The van der Waals surface area contributed by atoms with Gasteiger partial charge in [-0.15, -0.1) is 11.3 Å². The van der Waals surface area contributed by atoms with E-state index in [1.165, 1.54) is 0 Å². The Bertz CT molecular complexity index is 292. The van der Waals surface area contributed by atoms with Gasteiger partial charge in [0.2, 0.25) is 5.91 Å². The Morgan fingerprint density at radius 3 is 2.93 bits per heavy atom. The van der Waals surface area contributed by atoms with Gasteiger partial charge >= 0.3 is 0 Å². The summed E-state index contributed by atoms with van der Waals surface area (Å²) in [4.78, 5) is 15.5. The van der Waals surface area contributed by atoms with E-state index in [9.17, 15) is 4.79 Å². The zero-order valence-electron chi connectivity index (χ0n) is 8.21. The fraction of sp³-hybridized carbons (Fsp3) is 0.556. The first kappa shape index (κ1) is 11.7. The van der Waals surface area contributed by atoms with Crippen molar-refractivity contribution in [1.29, 1.82) is 0 Å². The molecule has 0 saturated heterocycles. The minimum Gasteiger partial charge on any atom is -0.355 e. The molecule has 0 spiro atoms. The average Bonchev–Trinajstić information content (AvgIpc) is 2.55. The molecule has 3 nitrogen and oxygen atoms in total. The van der Waals surface area contributed by atoms with Gasteiger partial charge in [-0.2, -0.15) is 0 Å². The van der Waals surface area contributed by atoms with E-state index in [-0.39, 0.29) is 5.91 Å². The highest BCUT2D eigenvalue weighted by atomic mass is 79.9. The number of nitrogens with one attached hydrogen (secondary N) is 1. The summed E-state index contributed by atoms with van der Waals surface area (Å²) in [6.07, 6.45) is 0.790. The van der Waals surface area contributed by atoms with Crippen LogP contribution >= 0.6 is 27.3 Å². The number of alkyl halides is 1. The highest BCUT2D eigenvalue weighted by Crippen LogP contribution is 2.15. The predicted octanol–water partition coefficient (Wildman–Crippen LogP) is 1.98. The van der Waals surface area contributed by atoms with Crippen molar-refractivity contribution in [2.24, 2.45) is 0 Å². The van der Waals surface area contributed by atoms with Gasteiger partial charge in [0.15, 0.2) is 0 Å². The summed E-state index contributed by atoms with van der Waals surface area (Å²) < 4.78 is -0.491. The third-order valence-corrected chi connectivity index (χ3v) is 2.69. The zero-order valence-corrected chi connectivity index (χ0v) is 10.6. The molecule has 0 bridgehead atoms. The van der Waals surface area contributed by atoms with Crippen molar-refractivity contribution < 1.29 is 4.79 Å². The third kappa shape index (κ3) is 3.75. The van der Waals surface area contributed by atoms with Gasteiger partial charge in [-0.1, -0.05) is 15.9 Å². The molecule has 1 amide bonds. The van der Waals surface area contributed by atoms with Crippen molar-refractivity contribution >= 4 is 33.2 Å². The second kappa shape index (κ2) is 4.89. The maximum atomic E-state index is 11.4. The molecule has 1 heterocycles. The van der Waals surface area contributed by atoms with Gasteiger partial charge in [-0.3, -0.25) is 4.79 Å². The van der Waals surface area contributed by atoms with E-state index in [2.05, 4.69) is 26.2 Å². The fourth-order valence-corrected chi connectivity index (χ4v) is 1.61. The van der Waals surface area contributed by atoms with E-state index in [0.29, 0.717) is 6.54 Å². The molecule has 1 aromatic rings. The van der Waals surface area contributed by atoms with Gasteiger partial charge in [-0.25, -0.2) is 4.98 Å². The molecular weight excluding hydrogens is 264 g/mol. The Kier molecular flexibility index (Phi) is 4.07. The summed E-state index contributed by atoms with van der Waals surface area (Å²) in [5.41, 5.74) is 2.83. The molecule has 14 heavy (non-hydrogen) atoms. The molecule has 0 aliphatic carbocycles. The van der Waals surface area contributed by atoms with Crippen LogP contribution in [0.4, 0.5) is 0 Å². The number of aromatic nitrogens is 1. The Hall–Kier alpha value is -0.420. The van der Waals surface area contributed by atoms with Crippen LogP contribution in [0.2, 0.25) is 0 Å². The van der Waals surface area contributed by atoms with Crippen molar-refractivity contribution in [2.45, 2.75) is 24.6 Å². The van der Waals surface area contributed by atoms with Gasteiger partial charge < -0.3 is 5.32 Å². The van der Waals surface area contributed by atoms with Crippen LogP contribution in [0.25, 0.3) is 0 Å². The molecule has 78 valence electrons. The molecule has 0 aromatic carbocycles. The smallest absolute Gasteiger partial charge is 0.236 e. The number of nitrogens with zero attached hydrogens (tertiary/aromatic N) is 1. The lowest BCUT2D eigenvalue weighted by Crippen LogP contribution is -2.38. The highest BCUT2D eigenvalue weighted by molar-refractivity contribution is 9.10. The molecular formula is C9H13BrN2OS. The summed E-state index contributed by atoms with van der Waals surface area (Å²) in [5.74, 6) is 0.00716. The number of hydrogen-bond acceptors (Lipinski definition) is 3. The minimum atomic E-state index is -0.491. The third-order valence-electron chi connectivity index (χ3n) is 1.69. The van der Waals surface area contributed by atoms with E-state index in [1.807, 2.05) is 19.2 Å². The van der Waals surface area contributed by atoms with Gasteiger partial charge in [-0.05, 0) is 13.8 Å². The van der Waals surface area contributed by atoms with Gasteiger partial charge in [0, 0.05) is 18.3 Å². The summed E-state index contributed by atoms with van der Waals surface area (Å²) in [6, 6.07) is 0. The maximum absolute atomic E-state index is 11.4. The number of rotatable bonds is 4. The molecule has 0 saturated carbocycles. The molecule has 0 aliphatic heterocycles. The first-order chi connectivity index (χ1) is 6.50. The van der Waals surface area contributed by atoms with Gasteiger partial charge in [0.1, 0.15) is 0 Å². The Labute approximate surface area is 96.1 Å². The average molecular weight is 277 g/mol. The quantitative estimate of drug-likeness (QED) is 0.855. The van der Waals surface area contributed by atoms with Crippen LogP contribution in [0.5, 0.6) is 0 Å². The Balaban J connectivity index is 2.26. The second-order valence-corrected chi connectivity index (χ2v) is 6.16. The molecule has 1 aromatic heterocycles. The number of thiazole rings is 1. The van der Waals surface area contributed by atoms with Crippen molar-refractivity contribution in [3.05, 3.63) is 16.6 Å². The summed E-state index contributed by atoms with van der Waals surface area (Å²) >= 11 is 4.87. The fourth-order valence-electron chi connectivity index (χ4n) is 0.875. The first-order valence-corrected chi connectivity index (χ1v) is 6.08. The molecule has 0 fully saturated rings. The standard InChI is InChI=1S/C9H13BrN2OS/c1-9(2,10)8(13)11-4-3-7-5-14-6-12-7/h5-6H,3-4H2,1-2H3,(H,11,13). The number of halogens is 1. The summed E-state index contributed by atoms with van der Waals surface area (Å²) in [6.45, 7) is 4.29. The Morgan fingerprint density at radius 1 is 1.71 bits per heavy atom. The van der Waals surface area contributed by atoms with Crippen LogP contribution in [-0.4, -0.2) is 21.8 Å². The van der Waals surface area contributed by atoms with Crippen molar-refractivity contribution in [1.82, 2.24) is 10.3 Å². The van der Waals surface area contributed by atoms with Gasteiger partial charge in [0.05, 0.1) is 15.5 Å². The predicted molar refractivity (Wildman–Crippen MR) is 61.8 cm³/mol. The molecule has 0 aliphatic rings. The van der Waals surface area contributed by atoms with Crippen LogP contribution in [0.15, 0.2) is 10.9 Å². The molecule has 0 unspecified atom stereocenters. The number of hydrogen-bond donors (Lipinski definition) is 1. The highest BCUT2D eigenvalue weighted by Gasteiger charge is 2.22. The lowest BCUT2D eigenvalue weighted by Gasteiger charge is -2.15. The van der Waals surface area contributed by atoms with E-state index >= 15 is 0 Å². The second-order valence-electron chi connectivity index (χ2n) is 3.46. The van der Waals surface area contributed by atoms with Crippen molar-refractivity contribution in [2.75, 3.05) is 6.54 Å². The van der Waals surface area contributed by atoms with Crippen LogP contribution in [0, 0.1) is 0 Å². The monoisotopic (exact) mass is 276 g/mol.